The Morgan fingerprint density at radius 1 is 0.909 bits per heavy atom. The van der Waals surface area contributed by atoms with Gasteiger partial charge in [-0.25, -0.2) is 0 Å². The zero-order chi connectivity index (χ0) is 6.95. The van der Waals surface area contributed by atoms with E-state index in [1.165, 1.54) is 0 Å². The Balaban J connectivity index is -0.000000320. The second-order valence-electron chi connectivity index (χ2n) is 1.78. The van der Waals surface area contributed by atoms with Gasteiger partial charge in [0.2, 0.25) is 0 Å². The van der Waals surface area contributed by atoms with Crippen molar-refractivity contribution in [2.75, 3.05) is 13.2 Å². The van der Waals surface area contributed by atoms with Gasteiger partial charge in [-0.05, 0) is 0 Å². The fourth-order valence-corrected chi connectivity index (χ4v) is 2.69. The molecule has 0 aliphatic rings. The minimum atomic E-state index is -1.04. The molecular formula is C6H16Br2HfO2. The SMILES string of the molecule is Br.Br.CCC[O][Hf][O]CCC. The number of hydrogen-bond acceptors (Lipinski definition) is 2. The third kappa shape index (κ3) is 18.6. The van der Waals surface area contributed by atoms with Gasteiger partial charge in [0.15, 0.2) is 0 Å². The van der Waals surface area contributed by atoms with E-state index in [2.05, 4.69) is 13.8 Å². The fourth-order valence-electron chi connectivity index (χ4n) is 0.329. The summed E-state index contributed by atoms with van der Waals surface area (Å²) in [6, 6.07) is 0. The molecule has 0 N–H and O–H groups in total. The molecule has 2 nitrogen and oxygen atoms in total. The van der Waals surface area contributed by atoms with Crippen LogP contribution < -0.4 is 0 Å². The Bertz CT molecular complexity index is 51.8. The molecule has 0 spiro atoms. The summed E-state index contributed by atoms with van der Waals surface area (Å²) in [5.41, 5.74) is 0. The average molecular weight is 458 g/mol. The molecule has 0 saturated carbocycles. The first-order valence-corrected chi connectivity index (χ1v) is 6.33. The van der Waals surface area contributed by atoms with Crippen LogP contribution in [0.3, 0.4) is 0 Å². The molecule has 5 heteroatoms. The first kappa shape index (κ1) is 18.5. The van der Waals surface area contributed by atoms with E-state index < -0.39 is 23.8 Å². The molecule has 0 bridgehead atoms. The van der Waals surface area contributed by atoms with Crippen molar-refractivity contribution < 1.29 is 29.5 Å². The van der Waals surface area contributed by atoms with Gasteiger partial charge in [-0.1, -0.05) is 0 Å². The summed E-state index contributed by atoms with van der Waals surface area (Å²) >= 11 is -1.04. The van der Waals surface area contributed by atoms with Crippen molar-refractivity contribution in [1.29, 1.82) is 0 Å². The topological polar surface area (TPSA) is 18.5 Å². The predicted molar refractivity (Wildman–Crippen MR) is 53.1 cm³/mol. The van der Waals surface area contributed by atoms with E-state index in [9.17, 15) is 0 Å². The second-order valence-corrected chi connectivity index (χ2v) is 4.45. The molecule has 0 unspecified atom stereocenters. The van der Waals surface area contributed by atoms with Gasteiger partial charge >= 0.3 is 69.4 Å². The van der Waals surface area contributed by atoms with Crippen LogP contribution in [-0.2, 0) is 29.5 Å². The van der Waals surface area contributed by atoms with E-state index in [0.717, 1.165) is 26.1 Å². The summed E-state index contributed by atoms with van der Waals surface area (Å²) in [4.78, 5) is 0. The van der Waals surface area contributed by atoms with Gasteiger partial charge in [-0.2, -0.15) is 0 Å². The first-order valence-electron chi connectivity index (χ1n) is 3.40. The van der Waals surface area contributed by atoms with Crippen molar-refractivity contribution in [3.8, 4) is 0 Å². The van der Waals surface area contributed by atoms with Crippen molar-refractivity contribution in [2.24, 2.45) is 0 Å². The molecule has 0 saturated heterocycles. The summed E-state index contributed by atoms with van der Waals surface area (Å²) in [5, 5.41) is 0. The zero-order valence-corrected chi connectivity index (χ0v) is 14.0. The van der Waals surface area contributed by atoms with Crippen LogP contribution in [0.2, 0.25) is 0 Å². The van der Waals surface area contributed by atoms with E-state index >= 15 is 0 Å². The second kappa shape index (κ2) is 17.7. The maximum atomic E-state index is 5.26. The zero-order valence-electron chi connectivity index (χ0n) is 6.96. The normalized spacial score (nSPS) is 7.82. The fraction of sp³-hybridized carbons (Fsp3) is 1.00. The Morgan fingerprint density at radius 3 is 1.55 bits per heavy atom. The van der Waals surface area contributed by atoms with Crippen molar-refractivity contribution in [1.82, 2.24) is 0 Å². The Kier molecular flexibility index (Phi) is 29.9. The molecule has 11 heavy (non-hydrogen) atoms. The molecular weight excluding hydrogens is 442 g/mol. The van der Waals surface area contributed by atoms with Gasteiger partial charge in [-0.3, -0.25) is 0 Å². The van der Waals surface area contributed by atoms with E-state index in [4.69, 9.17) is 5.71 Å². The standard InChI is InChI=1S/2C3H7O.2BrH.Hf/c2*1-2-3-4;;;/h2*2-3H2,1H3;2*1H;/q2*-1;;;+2. The molecule has 0 heterocycles. The van der Waals surface area contributed by atoms with E-state index in [1.54, 1.807) is 0 Å². The molecule has 70 valence electrons. The Labute approximate surface area is 103 Å². The summed E-state index contributed by atoms with van der Waals surface area (Å²) < 4.78 is 10.5. The summed E-state index contributed by atoms with van der Waals surface area (Å²) in [5.74, 6) is 0. The van der Waals surface area contributed by atoms with Gasteiger partial charge < -0.3 is 0 Å². The predicted octanol–water partition coefficient (Wildman–Crippen LogP) is 2.91. The van der Waals surface area contributed by atoms with Crippen LogP contribution in [0.15, 0.2) is 0 Å². The molecule has 0 atom stereocenters. The van der Waals surface area contributed by atoms with Gasteiger partial charge in [0.25, 0.3) is 0 Å². The molecule has 0 fully saturated rings. The van der Waals surface area contributed by atoms with Crippen LogP contribution in [0, 0.1) is 0 Å². The minimum absolute atomic E-state index is 0. The third-order valence-electron chi connectivity index (χ3n) is 0.730. The van der Waals surface area contributed by atoms with Gasteiger partial charge in [0, 0.05) is 0 Å². The van der Waals surface area contributed by atoms with Crippen LogP contribution in [0.4, 0.5) is 0 Å². The summed E-state index contributed by atoms with van der Waals surface area (Å²) in [6.45, 7) is 6.02. The maximum absolute atomic E-state index is 5.26. The number of rotatable bonds is 6. The molecule has 0 amide bonds. The first-order chi connectivity index (χ1) is 4.41. The van der Waals surface area contributed by atoms with Crippen molar-refractivity contribution in [3.63, 3.8) is 0 Å². The molecule has 0 aromatic carbocycles. The van der Waals surface area contributed by atoms with Crippen molar-refractivity contribution in [2.45, 2.75) is 26.7 Å². The molecule has 0 rings (SSSR count). The number of halogens is 2. The van der Waals surface area contributed by atoms with Gasteiger partial charge in [0.1, 0.15) is 0 Å². The molecule has 0 radical (unpaired) electrons. The quantitative estimate of drug-likeness (QED) is 0.450. The molecule has 0 aliphatic heterocycles. The van der Waals surface area contributed by atoms with Crippen molar-refractivity contribution in [3.05, 3.63) is 0 Å². The molecule has 0 aromatic rings. The summed E-state index contributed by atoms with van der Waals surface area (Å²) in [6.07, 6.45) is 2.23. The van der Waals surface area contributed by atoms with Crippen LogP contribution in [0.5, 0.6) is 0 Å². The number of hydrogen-bond donors (Lipinski definition) is 0. The van der Waals surface area contributed by atoms with Gasteiger partial charge in [0.05, 0.1) is 0 Å². The van der Waals surface area contributed by atoms with E-state index in [-0.39, 0.29) is 34.0 Å². The summed E-state index contributed by atoms with van der Waals surface area (Å²) in [7, 11) is 0. The monoisotopic (exact) mass is 458 g/mol. The molecule has 0 aromatic heterocycles. The molecule has 0 aliphatic carbocycles. The van der Waals surface area contributed by atoms with E-state index in [1.807, 2.05) is 0 Å². The van der Waals surface area contributed by atoms with Crippen LogP contribution in [0.25, 0.3) is 0 Å². The average Bonchev–Trinajstić information content (AvgIpc) is 1.89. The van der Waals surface area contributed by atoms with Crippen LogP contribution >= 0.6 is 34.0 Å². The van der Waals surface area contributed by atoms with E-state index in [0.29, 0.717) is 0 Å². The Morgan fingerprint density at radius 2 is 1.27 bits per heavy atom. The van der Waals surface area contributed by atoms with Crippen molar-refractivity contribution >= 4 is 34.0 Å². The van der Waals surface area contributed by atoms with Crippen LogP contribution in [-0.4, -0.2) is 13.2 Å². The Hall–Kier alpha value is 1.75. The van der Waals surface area contributed by atoms with Gasteiger partial charge in [-0.15, -0.1) is 34.0 Å². The van der Waals surface area contributed by atoms with Crippen LogP contribution in [0.1, 0.15) is 26.7 Å². The third-order valence-corrected chi connectivity index (χ3v) is 3.04.